The van der Waals surface area contributed by atoms with Crippen LogP contribution in [-0.2, 0) is 0 Å². The molecule has 2 nitrogen and oxygen atoms in total. The SMILES string of the molecule is C=CC[C@@H]1CC[C@H](C=C)N1[C@@H](c1ccccc1)c1c(O)ccc2ccccc12. The van der Waals surface area contributed by atoms with Gasteiger partial charge >= 0.3 is 0 Å². The van der Waals surface area contributed by atoms with Gasteiger partial charge in [-0.1, -0.05) is 72.8 Å². The van der Waals surface area contributed by atoms with Crippen molar-refractivity contribution in [3.8, 4) is 5.75 Å². The zero-order valence-corrected chi connectivity index (χ0v) is 16.2. The summed E-state index contributed by atoms with van der Waals surface area (Å²) >= 11 is 0. The number of fused-ring (bicyclic) bond motifs is 1. The van der Waals surface area contributed by atoms with Gasteiger partial charge in [-0.05, 0) is 41.7 Å². The van der Waals surface area contributed by atoms with Gasteiger partial charge in [-0.15, -0.1) is 13.2 Å². The number of rotatable bonds is 6. The second-order valence-electron chi connectivity index (χ2n) is 7.54. The van der Waals surface area contributed by atoms with Gasteiger partial charge in [0.05, 0.1) is 6.04 Å². The van der Waals surface area contributed by atoms with Gasteiger partial charge < -0.3 is 5.11 Å². The van der Waals surface area contributed by atoms with Gasteiger partial charge in [0.2, 0.25) is 0 Å². The average Bonchev–Trinajstić information content (AvgIpc) is 3.13. The first kappa shape index (κ1) is 18.5. The van der Waals surface area contributed by atoms with Crippen LogP contribution in [0.25, 0.3) is 10.8 Å². The molecule has 28 heavy (non-hydrogen) atoms. The molecule has 1 fully saturated rings. The molecule has 0 unspecified atom stereocenters. The van der Waals surface area contributed by atoms with E-state index in [-0.39, 0.29) is 12.1 Å². The molecule has 0 bridgehead atoms. The van der Waals surface area contributed by atoms with Crippen molar-refractivity contribution in [2.75, 3.05) is 0 Å². The maximum atomic E-state index is 11.0. The van der Waals surface area contributed by atoms with Crippen LogP contribution in [0.3, 0.4) is 0 Å². The number of phenols is 1. The zero-order valence-electron chi connectivity index (χ0n) is 16.2. The van der Waals surface area contributed by atoms with E-state index >= 15 is 0 Å². The maximum Gasteiger partial charge on any atom is 0.121 e. The van der Waals surface area contributed by atoms with Gasteiger partial charge in [-0.25, -0.2) is 0 Å². The summed E-state index contributed by atoms with van der Waals surface area (Å²) in [5.74, 6) is 0.347. The molecule has 0 aliphatic carbocycles. The van der Waals surface area contributed by atoms with Crippen molar-refractivity contribution in [2.24, 2.45) is 0 Å². The molecule has 3 aromatic rings. The Kier molecular flexibility index (Phi) is 5.31. The van der Waals surface area contributed by atoms with Crippen LogP contribution in [0.4, 0.5) is 0 Å². The molecule has 1 saturated heterocycles. The van der Waals surface area contributed by atoms with Crippen LogP contribution >= 0.6 is 0 Å². The number of hydrogen-bond donors (Lipinski definition) is 1. The van der Waals surface area contributed by atoms with Gasteiger partial charge in [-0.2, -0.15) is 0 Å². The minimum absolute atomic E-state index is 0.0391. The van der Waals surface area contributed by atoms with Gasteiger partial charge in [0.25, 0.3) is 0 Å². The molecule has 1 aliphatic rings. The quantitative estimate of drug-likeness (QED) is 0.521. The van der Waals surface area contributed by atoms with Crippen molar-refractivity contribution in [1.29, 1.82) is 0 Å². The zero-order chi connectivity index (χ0) is 19.5. The first-order valence-corrected chi connectivity index (χ1v) is 10.0. The Hall–Kier alpha value is -2.84. The topological polar surface area (TPSA) is 23.5 Å². The molecule has 1 heterocycles. The smallest absolute Gasteiger partial charge is 0.121 e. The molecule has 0 saturated carbocycles. The predicted molar refractivity (Wildman–Crippen MR) is 118 cm³/mol. The normalized spacial score (nSPS) is 20.9. The van der Waals surface area contributed by atoms with Crippen LogP contribution in [0, 0.1) is 0 Å². The lowest BCUT2D eigenvalue weighted by Gasteiger charge is -2.38. The Balaban J connectivity index is 1.97. The van der Waals surface area contributed by atoms with Gasteiger partial charge in [0.15, 0.2) is 0 Å². The predicted octanol–water partition coefficient (Wildman–Crippen LogP) is 6.23. The minimum atomic E-state index is -0.0391. The van der Waals surface area contributed by atoms with Gasteiger partial charge in [0.1, 0.15) is 5.75 Å². The largest absolute Gasteiger partial charge is 0.508 e. The first-order valence-electron chi connectivity index (χ1n) is 10.0. The van der Waals surface area contributed by atoms with E-state index in [1.54, 1.807) is 0 Å². The van der Waals surface area contributed by atoms with E-state index in [9.17, 15) is 5.11 Å². The van der Waals surface area contributed by atoms with Crippen molar-refractivity contribution in [3.05, 3.63) is 103 Å². The van der Waals surface area contributed by atoms with Crippen LogP contribution in [0.1, 0.15) is 36.4 Å². The molecule has 0 aromatic heterocycles. The highest BCUT2D eigenvalue weighted by Gasteiger charge is 2.39. The van der Waals surface area contributed by atoms with Crippen LogP contribution in [0.2, 0.25) is 0 Å². The molecule has 2 heteroatoms. The summed E-state index contributed by atoms with van der Waals surface area (Å²) in [6.07, 6.45) is 7.18. The van der Waals surface area contributed by atoms with Crippen LogP contribution in [-0.4, -0.2) is 22.1 Å². The highest BCUT2D eigenvalue weighted by molar-refractivity contribution is 5.88. The molecule has 4 rings (SSSR count). The molecule has 3 aromatic carbocycles. The average molecular weight is 370 g/mol. The number of nitrogens with zero attached hydrogens (tertiary/aromatic N) is 1. The molecule has 142 valence electrons. The molecular formula is C26H27NO. The lowest BCUT2D eigenvalue weighted by molar-refractivity contribution is 0.173. The first-order chi connectivity index (χ1) is 13.7. The lowest BCUT2D eigenvalue weighted by Crippen LogP contribution is -2.39. The number of phenolic OH excluding ortho intramolecular Hbond substituents is 1. The molecule has 3 atom stereocenters. The summed E-state index contributed by atoms with van der Waals surface area (Å²) in [6, 6.07) is 23.3. The molecule has 0 spiro atoms. The summed E-state index contributed by atoms with van der Waals surface area (Å²) in [7, 11) is 0. The van der Waals surface area contributed by atoms with E-state index < -0.39 is 0 Å². The molecule has 0 radical (unpaired) electrons. The van der Waals surface area contributed by atoms with Crippen molar-refractivity contribution in [1.82, 2.24) is 4.90 Å². The van der Waals surface area contributed by atoms with Crippen LogP contribution < -0.4 is 0 Å². The van der Waals surface area contributed by atoms with Gasteiger partial charge in [-0.3, -0.25) is 4.90 Å². The summed E-state index contributed by atoms with van der Waals surface area (Å²) in [5.41, 5.74) is 2.17. The van der Waals surface area contributed by atoms with E-state index in [1.807, 2.05) is 36.4 Å². The number of likely N-dealkylation sites (tertiary alicyclic amines) is 1. The lowest BCUT2D eigenvalue weighted by atomic mass is 9.90. The molecule has 1 N–H and O–H groups in total. The van der Waals surface area contributed by atoms with Crippen molar-refractivity contribution >= 4 is 10.8 Å². The third kappa shape index (κ3) is 3.25. The molecule has 1 aliphatic heterocycles. The fraction of sp³-hybridized carbons (Fsp3) is 0.231. The highest BCUT2D eigenvalue weighted by Crippen LogP contribution is 2.44. The summed E-state index contributed by atoms with van der Waals surface area (Å²) < 4.78 is 0. The van der Waals surface area contributed by atoms with E-state index in [1.165, 1.54) is 5.56 Å². The summed E-state index contributed by atoms with van der Waals surface area (Å²) in [5, 5.41) is 13.2. The Morgan fingerprint density at radius 1 is 0.964 bits per heavy atom. The third-order valence-electron chi connectivity index (χ3n) is 5.95. The Morgan fingerprint density at radius 3 is 2.46 bits per heavy atom. The Labute approximate surface area is 167 Å². The standard InChI is InChI=1S/C26H27NO/c1-3-10-22-17-16-21(4-2)27(22)26(20-12-6-5-7-13-20)25-23-14-9-8-11-19(23)15-18-24(25)28/h3-9,11-15,18,21-22,26,28H,1-2,10,16-17H2/t21-,22+,26-/m0/s1. The van der Waals surface area contributed by atoms with Crippen LogP contribution in [0.15, 0.2) is 92.0 Å². The van der Waals surface area contributed by atoms with E-state index in [0.29, 0.717) is 11.8 Å². The number of aromatic hydroxyl groups is 1. The fourth-order valence-electron chi connectivity index (χ4n) is 4.70. The summed E-state index contributed by atoms with van der Waals surface area (Å²) in [6.45, 7) is 8.09. The monoisotopic (exact) mass is 369 g/mol. The summed E-state index contributed by atoms with van der Waals surface area (Å²) in [4.78, 5) is 2.53. The van der Waals surface area contributed by atoms with E-state index in [2.05, 4.69) is 60.5 Å². The second-order valence-corrected chi connectivity index (χ2v) is 7.54. The highest BCUT2D eigenvalue weighted by atomic mass is 16.3. The second kappa shape index (κ2) is 8.04. The van der Waals surface area contributed by atoms with Crippen LogP contribution in [0.5, 0.6) is 5.75 Å². The number of benzene rings is 3. The van der Waals surface area contributed by atoms with Crippen molar-refractivity contribution in [3.63, 3.8) is 0 Å². The minimum Gasteiger partial charge on any atom is -0.508 e. The number of hydrogen-bond acceptors (Lipinski definition) is 2. The molecular weight excluding hydrogens is 342 g/mol. The van der Waals surface area contributed by atoms with Crippen molar-refractivity contribution < 1.29 is 5.11 Å². The fourth-order valence-corrected chi connectivity index (χ4v) is 4.70. The molecule has 0 amide bonds. The third-order valence-corrected chi connectivity index (χ3v) is 5.95. The van der Waals surface area contributed by atoms with E-state index in [4.69, 9.17) is 0 Å². The maximum absolute atomic E-state index is 11.0. The van der Waals surface area contributed by atoms with E-state index in [0.717, 1.165) is 35.6 Å². The van der Waals surface area contributed by atoms with Gasteiger partial charge in [0, 0.05) is 17.6 Å². The Morgan fingerprint density at radius 2 is 1.71 bits per heavy atom. The Bertz CT molecular complexity index is 978. The van der Waals surface area contributed by atoms with Crippen molar-refractivity contribution in [2.45, 2.75) is 37.4 Å².